The van der Waals surface area contributed by atoms with Crippen molar-refractivity contribution in [3.05, 3.63) is 12.3 Å². The zero-order valence-electron chi connectivity index (χ0n) is 10.5. The van der Waals surface area contributed by atoms with E-state index >= 15 is 0 Å². The maximum absolute atomic E-state index is 5.10. The van der Waals surface area contributed by atoms with Crippen LogP contribution in [0.1, 0.15) is 27.7 Å². The first-order chi connectivity index (χ1) is 7.48. The Kier molecular flexibility index (Phi) is 7.06. The van der Waals surface area contributed by atoms with E-state index in [-0.39, 0.29) is 5.41 Å². The summed E-state index contributed by atoms with van der Waals surface area (Å²) in [5, 5.41) is 9.94. The molecule has 0 aliphatic carbocycles. The summed E-state index contributed by atoms with van der Waals surface area (Å²) in [5.74, 6) is 2.38. The van der Waals surface area contributed by atoms with Gasteiger partial charge in [0.1, 0.15) is 0 Å². The minimum Gasteiger partial charge on any atom is -0.380 e. The minimum absolute atomic E-state index is 0.0494. The van der Waals surface area contributed by atoms with Crippen molar-refractivity contribution in [2.24, 2.45) is 10.6 Å². The number of allylic oxidation sites excluding steroid dienone is 1. The fraction of sp³-hybridized carbons (Fsp3) is 0.583. The topological polar surface area (TPSA) is 45.6 Å². The molecule has 0 fully saturated rings. The summed E-state index contributed by atoms with van der Waals surface area (Å²) < 4.78 is 0. The summed E-state index contributed by atoms with van der Waals surface area (Å²) >= 11 is 0. The molecule has 0 unspecified atom stereocenters. The van der Waals surface area contributed by atoms with Gasteiger partial charge >= 0.3 is 0 Å². The molecule has 4 nitrogen and oxygen atoms in total. The van der Waals surface area contributed by atoms with Crippen molar-refractivity contribution < 1.29 is 4.84 Å². The molecule has 0 aliphatic heterocycles. The van der Waals surface area contributed by atoms with Crippen LogP contribution in [0.4, 0.5) is 0 Å². The zero-order valence-corrected chi connectivity index (χ0v) is 10.5. The highest BCUT2D eigenvalue weighted by Crippen LogP contribution is 2.15. The smallest absolute Gasteiger partial charge is 0.169 e. The highest BCUT2D eigenvalue weighted by Gasteiger charge is 2.14. The van der Waals surface area contributed by atoms with E-state index in [9.17, 15) is 0 Å². The van der Waals surface area contributed by atoms with E-state index in [0.29, 0.717) is 13.4 Å². The SMILES string of the molecule is C#C/C=C/NCNCO/N=C(\C)C(C)(C)C. The molecule has 0 amide bonds. The molecule has 0 aromatic heterocycles. The Labute approximate surface area is 98.1 Å². The van der Waals surface area contributed by atoms with Gasteiger partial charge in [-0.2, -0.15) is 0 Å². The first-order valence-corrected chi connectivity index (χ1v) is 5.20. The molecule has 0 bridgehead atoms. The van der Waals surface area contributed by atoms with E-state index in [2.05, 4.69) is 42.5 Å². The van der Waals surface area contributed by atoms with Gasteiger partial charge in [-0.3, -0.25) is 5.32 Å². The lowest BCUT2D eigenvalue weighted by Gasteiger charge is -2.16. The number of oxime groups is 1. The first-order valence-electron chi connectivity index (χ1n) is 5.20. The van der Waals surface area contributed by atoms with Crippen LogP contribution in [0, 0.1) is 17.8 Å². The number of hydrogen-bond acceptors (Lipinski definition) is 4. The number of hydrogen-bond donors (Lipinski definition) is 2. The Bertz CT molecular complexity index is 282. The molecule has 2 N–H and O–H groups in total. The summed E-state index contributed by atoms with van der Waals surface area (Å²) in [5.41, 5.74) is 1.02. The summed E-state index contributed by atoms with van der Waals surface area (Å²) in [4.78, 5) is 5.10. The molecular formula is C12H21N3O. The van der Waals surface area contributed by atoms with Crippen molar-refractivity contribution in [1.29, 1.82) is 0 Å². The molecule has 0 heterocycles. The molecule has 0 aliphatic rings. The number of rotatable bonds is 6. The molecule has 0 radical (unpaired) electrons. The third-order valence-corrected chi connectivity index (χ3v) is 1.98. The summed E-state index contributed by atoms with van der Waals surface area (Å²) in [6.45, 7) is 9.18. The van der Waals surface area contributed by atoms with Crippen LogP contribution in [0.25, 0.3) is 0 Å². The summed E-state index contributed by atoms with van der Waals surface area (Å²) in [7, 11) is 0. The predicted octanol–water partition coefficient (Wildman–Crippen LogP) is 1.67. The van der Waals surface area contributed by atoms with E-state index in [1.807, 2.05) is 6.92 Å². The summed E-state index contributed by atoms with van der Waals surface area (Å²) in [6.07, 6.45) is 8.30. The van der Waals surface area contributed by atoms with Gasteiger partial charge in [-0.15, -0.1) is 6.42 Å². The van der Waals surface area contributed by atoms with Crippen LogP contribution in [0.15, 0.2) is 17.4 Å². The number of nitrogens with one attached hydrogen (secondary N) is 2. The van der Waals surface area contributed by atoms with Crippen molar-refractivity contribution in [2.45, 2.75) is 27.7 Å². The summed E-state index contributed by atoms with van der Waals surface area (Å²) in [6, 6.07) is 0. The van der Waals surface area contributed by atoms with Gasteiger partial charge in [0.25, 0.3) is 0 Å². The Balaban J connectivity index is 3.55. The molecule has 0 saturated carbocycles. The lowest BCUT2D eigenvalue weighted by molar-refractivity contribution is 0.122. The third-order valence-electron chi connectivity index (χ3n) is 1.98. The van der Waals surface area contributed by atoms with Gasteiger partial charge in [-0.05, 0) is 6.92 Å². The van der Waals surface area contributed by atoms with Gasteiger partial charge in [0.2, 0.25) is 0 Å². The lowest BCUT2D eigenvalue weighted by atomic mass is 9.91. The van der Waals surface area contributed by atoms with Crippen molar-refractivity contribution in [3.8, 4) is 12.3 Å². The quantitative estimate of drug-likeness (QED) is 0.237. The number of terminal acetylenes is 1. The highest BCUT2D eigenvalue weighted by molar-refractivity contribution is 5.86. The van der Waals surface area contributed by atoms with Crippen LogP contribution in [0.3, 0.4) is 0 Å². The molecule has 4 heteroatoms. The van der Waals surface area contributed by atoms with Gasteiger partial charge in [0.15, 0.2) is 6.73 Å². The molecule has 90 valence electrons. The van der Waals surface area contributed by atoms with E-state index in [4.69, 9.17) is 11.3 Å². The molecule has 0 aromatic rings. The second-order valence-corrected chi connectivity index (χ2v) is 4.33. The van der Waals surface area contributed by atoms with Gasteiger partial charge in [0.05, 0.1) is 12.4 Å². The van der Waals surface area contributed by atoms with Crippen molar-refractivity contribution >= 4 is 5.71 Å². The van der Waals surface area contributed by atoms with Gasteiger partial charge < -0.3 is 10.2 Å². The largest absolute Gasteiger partial charge is 0.380 e. The van der Waals surface area contributed by atoms with Crippen molar-refractivity contribution in [1.82, 2.24) is 10.6 Å². The molecule has 0 rings (SSSR count). The van der Waals surface area contributed by atoms with Gasteiger partial charge in [-0.25, -0.2) is 0 Å². The second-order valence-electron chi connectivity index (χ2n) is 4.33. The molecule has 0 aromatic carbocycles. The van der Waals surface area contributed by atoms with Crippen LogP contribution in [0.2, 0.25) is 0 Å². The Hall–Kier alpha value is -1.47. The maximum atomic E-state index is 5.10. The van der Waals surface area contributed by atoms with E-state index in [1.165, 1.54) is 0 Å². The molecule has 0 saturated heterocycles. The normalized spacial score (nSPS) is 12.6. The standard InChI is InChI=1S/C12H21N3O/c1-6-7-8-13-9-14-10-16-15-11(2)12(3,4)5/h1,7-8,13-14H,9-10H2,2-5H3/b8-7+,15-11+. The van der Waals surface area contributed by atoms with Crippen molar-refractivity contribution in [2.75, 3.05) is 13.4 Å². The highest BCUT2D eigenvalue weighted by atomic mass is 16.6. The lowest BCUT2D eigenvalue weighted by Crippen LogP contribution is -2.27. The van der Waals surface area contributed by atoms with Gasteiger partial charge in [-0.1, -0.05) is 31.8 Å². The Morgan fingerprint density at radius 2 is 2.19 bits per heavy atom. The Morgan fingerprint density at radius 1 is 1.50 bits per heavy atom. The molecular weight excluding hydrogens is 202 g/mol. The average molecular weight is 223 g/mol. The molecule has 16 heavy (non-hydrogen) atoms. The predicted molar refractivity (Wildman–Crippen MR) is 67.6 cm³/mol. The van der Waals surface area contributed by atoms with E-state index in [1.54, 1.807) is 12.3 Å². The third kappa shape index (κ3) is 7.89. The Morgan fingerprint density at radius 3 is 2.75 bits per heavy atom. The van der Waals surface area contributed by atoms with Crippen LogP contribution >= 0.6 is 0 Å². The molecule has 0 spiro atoms. The fourth-order valence-electron chi connectivity index (χ4n) is 0.601. The van der Waals surface area contributed by atoms with Crippen LogP contribution in [-0.4, -0.2) is 19.1 Å². The zero-order chi connectivity index (χ0) is 12.4. The van der Waals surface area contributed by atoms with Crippen molar-refractivity contribution in [3.63, 3.8) is 0 Å². The number of nitrogens with zero attached hydrogens (tertiary/aromatic N) is 1. The first kappa shape index (κ1) is 14.5. The monoisotopic (exact) mass is 223 g/mol. The van der Waals surface area contributed by atoms with Crippen LogP contribution in [0.5, 0.6) is 0 Å². The fourth-order valence-corrected chi connectivity index (χ4v) is 0.601. The van der Waals surface area contributed by atoms with E-state index in [0.717, 1.165) is 5.71 Å². The van der Waals surface area contributed by atoms with Crippen LogP contribution < -0.4 is 10.6 Å². The molecule has 0 atom stereocenters. The van der Waals surface area contributed by atoms with Crippen LogP contribution in [-0.2, 0) is 4.84 Å². The maximum Gasteiger partial charge on any atom is 0.169 e. The van der Waals surface area contributed by atoms with Gasteiger partial charge in [0, 0.05) is 17.7 Å². The van der Waals surface area contributed by atoms with E-state index < -0.39 is 0 Å². The average Bonchev–Trinajstić information content (AvgIpc) is 2.20. The minimum atomic E-state index is 0.0494. The second kappa shape index (κ2) is 7.77.